The minimum absolute atomic E-state index is 0.0614. The van der Waals surface area contributed by atoms with E-state index in [0.29, 0.717) is 74.7 Å². The second-order valence-electron chi connectivity index (χ2n) is 18.0. The van der Waals surface area contributed by atoms with E-state index in [9.17, 15) is 28.3 Å². The van der Waals surface area contributed by atoms with Crippen LogP contribution in [0.2, 0.25) is 0 Å². The van der Waals surface area contributed by atoms with Gasteiger partial charge in [0.2, 0.25) is 5.72 Å². The lowest BCUT2D eigenvalue weighted by Crippen LogP contribution is -2.40. The van der Waals surface area contributed by atoms with Crippen molar-refractivity contribution >= 4 is 16.1 Å². The highest BCUT2D eigenvalue weighted by Crippen LogP contribution is 2.54. The van der Waals surface area contributed by atoms with E-state index >= 15 is 0 Å². The number of aliphatic hydroxyl groups excluding tert-OH is 1. The van der Waals surface area contributed by atoms with Gasteiger partial charge in [-0.1, -0.05) is 86.6 Å². The standard InChI is InChI=1S/C48H59N3O8S/c1-2-31-28-43(60(55,56)57)42-27-36-24-35(26-40-23-30(29-52)7-6-8-34-25-38(53)15-18-41(34)45(36)58-40)44(42)33-9-13-37(14-10-33)48(51-46(49)50,59-39-16-11-32(31)12-17-39)22-21-47(54)19-4-3-5-20-47/h9-18,25,27,30-31,35,40,42-45,52-54H,2-5,7,19-24,26,28-29H2,1H3,(H4,49,50,51)(H,55,56,57). The van der Waals surface area contributed by atoms with Gasteiger partial charge in [-0.3, -0.25) is 4.55 Å². The Bertz CT molecular complexity index is 2260. The average molecular weight is 838 g/mol. The Kier molecular flexibility index (Phi) is 12.1. The van der Waals surface area contributed by atoms with E-state index in [1.807, 2.05) is 67.6 Å². The molecule has 6 heterocycles. The van der Waals surface area contributed by atoms with E-state index in [0.717, 1.165) is 41.5 Å². The fourth-order valence-electron chi connectivity index (χ4n) is 11.0. The number of fused-ring (bicyclic) bond motifs is 7. The molecule has 11 rings (SSSR count). The third-order valence-electron chi connectivity index (χ3n) is 14.1. The summed E-state index contributed by atoms with van der Waals surface area (Å²) in [6.07, 6.45) is 9.30. The second kappa shape index (κ2) is 17.2. The van der Waals surface area contributed by atoms with Gasteiger partial charge in [0.1, 0.15) is 17.6 Å². The molecule has 8 aliphatic rings. The van der Waals surface area contributed by atoms with Crippen LogP contribution in [0.1, 0.15) is 136 Å². The zero-order valence-electron chi connectivity index (χ0n) is 34.4. The number of hydrogen-bond acceptors (Lipinski definition) is 8. The maximum atomic E-state index is 13.9. The van der Waals surface area contributed by atoms with Crippen molar-refractivity contribution in [2.45, 2.75) is 131 Å². The van der Waals surface area contributed by atoms with E-state index < -0.39 is 38.7 Å². The molecule has 0 amide bonds. The van der Waals surface area contributed by atoms with Gasteiger partial charge in [-0.2, -0.15) is 8.42 Å². The molecule has 12 heteroatoms. The quantitative estimate of drug-likeness (QED) is 0.0457. The maximum Gasteiger partial charge on any atom is 0.268 e. The first-order chi connectivity index (χ1) is 28.8. The van der Waals surface area contributed by atoms with Crippen LogP contribution in [0.3, 0.4) is 0 Å². The molecule has 2 aliphatic carbocycles. The fraction of sp³-hybridized carbons (Fsp3) is 0.521. The van der Waals surface area contributed by atoms with Crippen molar-refractivity contribution in [3.05, 3.63) is 106 Å². The Hall–Kier alpha value is -4.38. The number of rotatable bonds is 7. The summed E-state index contributed by atoms with van der Waals surface area (Å²) < 4.78 is 53.1. The molecular weight excluding hydrogens is 779 g/mol. The number of aliphatic hydroxyl groups is 2. The van der Waals surface area contributed by atoms with Crippen molar-refractivity contribution in [1.29, 1.82) is 0 Å². The third-order valence-corrected chi connectivity index (χ3v) is 15.3. The molecule has 60 heavy (non-hydrogen) atoms. The molecule has 0 spiro atoms. The lowest BCUT2D eigenvalue weighted by molar-refractivity contribution is -0.0311. The Labute approximate surface area is 354 Å². The number of phenolic OH excluding ortho intramolecular Hbond substituents is 1. The van der Waals surface area contributed by atoms with Gasteiger partial charge >= 0.3 is 0 Å². The number of hydrogen-bond donors (Lipinski definition) is 6. The van der Waals surface area contributed by atoms with Crippen LogP contribution in [0.5, 0.6) is 11.5 Å². The van der Waals surface area contributed by atoms with Crippen LogP contribution in [-0.4, -0.2) is 57.8 Å². The molecule has 8 bridgehead atoms. The number of guanidine groups is 1. The molecular formula is C48H59N3O8S. The largest absolute Gasteiger partial charge is 0.508 e. The summed E-state index contributed by atoms with van der Waals surface area (Å²) in [5.41, 5.74) is 15.0. The van der Waals surface area contributed by atoms with Crippen LogP contribution in [0.25, 0.3) is 0 Å². The van der Waals surface area contributed by atoms with Gasteiger partial charge in [0.15, 0.2) is 5.96 Å². The smallest absolute Gasteiger partial charge is 0.268 e. The topological polar surface area (TPSA) is 198 Å². The highest BCUT2D eigenvalue weighted by atomic mass is 32.2. The summed E-state index contributed by atoms with van der Waals surface area (Å²) in [7, 11) is -4.62. The number of aromatic hydroxyl groups is 1. The molecule has 0 radical (unpaired) electrons. The second-order valence-corrected chi connectivity index (χ2v) is 19.7. The molecule has 9 unspecified atom stereocenters. The number of ether oxygens (including phenoxy) is 2. The number of benzene rings is 3. The molecule has 3 aromatic carbocycles. The number of allylic oxidation sites excluding steroid dienone is 1. The van der Waals surface area contributed by atoms with E-state index in [1.165, 1.54) is 0 Å². The third kappa shape index (κ3) is 8.84. The maximum absolute atomic E-state index is 13.9. The Morgan fingerprint density at radius 2 is 1.68 bits per heavy atom. The summed E-state index contributed by atoms with van der Waals surface area (Å²) >= 11 is 0. The number of nitrogens with zero attached hydrogens (tertiary/aromatic N) is 1. The van der Waals surface area contributed by atoms with Gasteiger partial charge in [-0.25, -0.2) is 4.99 Å². The predicted molar refractivity (Wildman–Crippen MR) is 231 cm³/mol. The van der Waals surface area contributed by atoms with Crippen LogP contribution in [0, 0.1) is 29.6 Å². The van der Waals surface area contributed by atoms with Gasteiger partial charge in [-0.15, -0.1) is 0 Å². The number of aliphatic imine (C=N–C) groups is 1. The highest BCUT2D eigenvalue weighted by molar-refractivity contribution is 7.86. The van der Waals surface area contributed by atoms with Gasteiger partial charge < -0.3 is 36.3 Å². The van der Waals surface area contributed by atoms with Crippen molar-refractivity contribution in [2.75, 3.05) is 6.61 Å². The molecule has 11 nitrogen and oxygen atoms in total. The molecule has 2 fully saturated rings. The number of phenols is 1. The van der Waals surface area contributed by atoms with Crippen molar-refractivity contribution in [2.24, 2.45) is 34.2 Å². The van der Waals surface area contributed by atoms with Crippen LogP contribution < -0.4 is 16.2 Å². The molecule has 9 atom stereocenters. The summed E-state index contributed by atoms with van der Waals surface area (Å²) in [6.45, 7) is 1.97. The van der Waals surface area contributed by atoms with Gasteiger partial charge in [-0.05, 0) is 116 Å². The van der Waals surface area contributed by atoms with Crippen molar-refractivity contribution < 1.29 is 37.8 Å². The minimum Gasteiger partial charge on any atom is -0.508 e. The molecule has 1 saturated heterocycles. The fourth-order valence-corrected chi connectivity index (χ4v) is 12.1. The van der Waals surface area contributed by atoms with Crippen LogP contribution in [0.15, 0.2) is 83.4 Å². The highest BCUT2D eigenvalue weighted by Gasteiger charge is 2.48. The van der Waals surface area contributed by atoms with Crippen LogP contribution in [-0.2, 0) is 20.6 Å². The Balaban J connectivity index is 1.31. The Morgan fingerprint density at radius 3 is 2.37 bits per heavy atom. The molecule has 0 aromatic heterocycles. The monoisotopic (exact) mass is 837 g/mol. The van der Waals surface area contributed by atoms with Crippen molar-refractivity contribution in [3.63, 3.8) is 0 Å². The van der Waals surface area contributed by atoms with Gasteiger partial charge in [0.05, 0.1) is 17.0 Å². The SMILES string of the molecule is CCC1CC(S(=O)(=O)O)C2C=C3CC(CC4CC(CO)CC#Cc5cc(O)ccc5C3O4)C2c2ccc(cc2)C(CCC2(O)CCCCC2)(N=C(N)N)Oc2ccc1cc2. The average Bonchev–Trinajstić information content (AvgIpc) is 3.35. The summed E-state index contributed by atoms with van der Waals surface area (Å²) in [6, 6.07) is 20.6. The lowest BCUT2D eigenvalue weighted by Gasteiger charge is -2.41. The van der Waals surface area contributed by atoms with E-state index in [4.69, 9.17) is 25.9 Å². The van der Waals surface area contributed by atoms with E-state index in [-0.39, 0.29) is 54.5 Å². The first kappa shape index (κ1) is 42.3. The normalized spacial score (nSPS) is 31.0. The number of nitrogens with two attached hydrogens (primary N) is 2. The lowest BCUT2D eigenvalue weighted by atomic mass is 9.65. The first-order valence-corrected chi connectivity index (χ1v) is 23.2. The zero-order valence-corrected chi connectivity index (χ0v) is 35.2. The van der Waals surface area contributed by atoms with Crippen LogP contribution in [0.4, 0.5) is 0 Å². The van der Waals surface area contributed by atoms with Crippen molar-refractivity contribution in [1.82, 2.24) is 0 Å². The minimum atomic E-state index is -4.62. The molecule has 320 valence electrons. The Morgan fingerprint density at radius 1 is 0.950 bits per heavy atom. The van der Waals surface area contributed by atoms with Crippen LogP contribution >= 0.6 is 0 Å². The first-order valence-electron chi connectivity index (χ1n) is 21.7. The molecule has 1 saturated carbocycles. The molecule has 8 N–H and O–H groups in total. The summed E-state index contributed by atoms with van der Waals surface area (Å²) in [5, 5.41) is 31.5. The van der Waals surface area contributed by atoms with Crippen molar-refractivity contribution in [3.8, 4) is 23.3 Å². The molecule has 6 aliphatic heterocycles. The predicted octanol–water partition coefficient (Wildman–Crippen LogP) is 7.46. The van der Waals surface area contributed by atoms with Gasteiger partial charge in [0, 0.05) is 42.1 Å². The van der Waals surface area contributed by atoms with Gasteiger partial charge in [0.25, 0.3) is 10.1 Å². The van der Waals surface area contributed by atoms with E-state index in [2.05, 4.69) is 11.8 Å². The van der Waals surface area contributed by atoms with E-state index in [1.54, 1.807) is 12.1 Å². The summed E-state index contributed by atoms with van der Waals surface area (Å²) in [5.74, 6) is 5.46. The summed E-state index contributed by atoms with van der Waals surface area (Å²) in [4.78, 5) is 4.80. The molecule has 3 aromatic rings. The zero-order chi connectivity index (χ0) is 42.2.